The average molecular weight is 234 g/mol. The number of amides is 1. The summed E-state index contributed by atoms with van der Waals surface area (Å²) in [6.07, 6.45) is 0.321. The molecule has 1 atom stereocenters. The zero-order valence-electron chi connectivity index (χ0n) is 10.0. The number of carbonyl (C=O) groups is 1. The minimum Gasteiger partial charge on any atom is -0.391 e. The molecule has 0 aliphatic carbocycles. The number of likely N-dealkylation sites (tertiary alicyclic amines) is 1. The number of nitrogens with one attached hydrogen (secondary N) is 1. The summed E-state index contributed by atoms with van der Waals surface area (Å²) in [5.41, 5.74) is 1.70. The van der Waals surface area contributed by atoms with Crippen LogP contribution < -0.4 is 5.32 Å². The molecule has 0 saturated carbocycles. The lowest BCUT2D eigenvalue weighted by Gasteiger charge is -2.15. The summed E-state index contributed by atoms with van der Waals surface area (Å²) < 4.78 is 0. The molecule has 92 valence electrons. The first kappa shape index (κ1) is 11.9. The van der Waals surface area contributed by atoms with Gasteiger partial charge in [0.2, 0.25) is 0 Å². The van der Waals surface area contributed by atoms with Crippen LogP contribution >= 0.6 is 0 Å². The molecular formula is C13H18N2O2. The van der Waals surface area contributed by atoms with Crippen LogP contribution in [0.4, 0.5) is 5.69 Å². The maximum Gasteiger partial charge on any atom is 0.253 e. The molecule has 0 bridgehead atoms. The molecule has 4 nitrogen and oxygen atoms in total. The molecule has 1 aromatic carbocycles. The number of aliphatic hydroxyl groups is 1. The van der Waals surface area contributed by atoms with E-state index in [-0.39, 0.29) is 12.0 Å². The van der Waals surface area contributed by atoms with Crippen molar-refractivity contribution >= 4 is 11.6 Å². The van der Waals surface area contributed by atoms with Crippen molar-refractivity contribution in [1.29, 1.82) is 0 Å². The molecule has 4 heteroatoms. The number of β-amino-alcohol motifs (C(OH)–C–C–N with tert-alkyl or cyclic N) is 1. The maximum atomic E-state index is 12.1. The number of anilines is 1. The summed E-state index contributed by atoms with van der Waals surface area (Å²) in [5.74, 6) is 0.00426. The highest BCUT2D eigenvalue weighted by Gasteiger charge is 2.25. The first-order chi connectivity index (χ1) is 8.20. The minimum atomic E-state index is -0.361. The monoisotopic (exact) mass is 234 g/mol. The molecule has 1 amide bonds. The Hall–Kier alpha value is -1.55. The van der Waals surface area contributed by atoms with Gasteiger partial charge in [0.25, 0.3) is 5.91 Å². The van der Waals surface area contributed by atoms with Gasteiger partial charge in [-0.2, -0.15) is 0 Å². The van der Waals surface area contributed by atoms with Crippen LogP contribution in [0.3, 0.4) is 0 Å². The van der Waals surface area contributed by atoms with E-state index in [1.54, 1.807) is 4.90 Å². The van der Waals surface area contributed by atoms with Crippen LogP contribution in [0.2, 0.25) is 0 Å². The molecule has 1 heterocycles. The Morgan fingerprint density at radius 3 is 2.71 bits per heavy atom. The fourth-order valence-corrected chi connectivity index (χ4v) is 2.04. The van der Waals surface area contributed by atoms with E-state index in [4.69, 9.17) is 0 Å². The lowest BCUT2D eigenvalue weighted by Crippen LogP contribution is -2.29. The number of aliphatic hydroxyl groups excluding tert-OH is 1. The second-order valence-electron chi connectivity index (χ2n) is 4.30. The van der Waals surface area contributed by atoms with Crippen molar-refractivity contribution in [2.45, 2.75) is 19.4 Å². The van der Waals surface area contributed by atoms with Gasteiger partial charge < -0.3 is 15.3 Å². The Morgan fingerprint density at radius 2 is 2.18 bits per heavy atom. The van der Waals surface area contributed by atoms with E-state index in [9.17, 15) is 9.90 Å². The Bertz CT molecular complexity index is 389. The van der Waals surface area contributed by atoms with Gasteiger partial charge in [-0.05, 0) is 37.6 Å². The van der Waals surface area contributed by atoms with Crippen molar-refractivity contribution in [1.82, 2.24) is 4.90 Å². The summed E-state index contributed by atoms with van der Waals surface area (Å²) in [6.45, 7) is 4.00. The van der Waals surface area contributed by atoms with Gasteiger partial charge in [0.05, 0.1) is 6.10 Å². The molecule has 1 saturated heterocycles. The summed E-state index contributed by atoms with van der Waals surface area (Å²) >= 11 is 0. The second-order valence-corrected chi connectivity index (χ2v) is 4.30. The second kappa shape index (κ2) is 5.19. The van der Waals surface area contributed by atoms with Crippen LogP contribution in [0.25, 0.3) is 0 Å². The van der Waals surface area contributed by atoms with Gasteiger partial charge in [0.1, 0.15) is 0 Å². The number of hydrogen-bond donors (Lipinski definition) is 2. The normalized spacial score (nSPS) is 19.4. The molecule has 1 fully saturated rings. The Labute approximate surface area is 101 Å². The van der Waals surface area contributed by atoms with Gasteiger partial charge >= 0.3 is 0 Å². The topological polar surface area (TPSA) is 52.6 Å². The predicted octanol–water partition coefficient (Wildman–Crippen LogP) is 1.33. The van der Waals surface area contributed by atoms with Crippen LogP contribution in [-0.2, 0) is 0 Å². The minimum absolute atomic E-state index is 0.00426. The van der Waals surface area contributed by atoms with Crippen molar-refractivity contribution in [2.75, 3.05) is 25.0 Å². The van der Waals surface area contributed by atoms with Crippen molar-refractivity contribution in [3.8, 4) is 0 Å². The zero-order valence-corrected chi connectivity index (χ0v) is 10.0. The van der Waals surface area contributed by atoms with Crippen LogP contribution in [0, 0.1) is 0 Å². The first-order valence-electron chi connectivity index (χ1n) is 6.02. The molecule has 17 heavy (non-hydrogen) atoms. The van der Waals surface area contributed by atoms with Crippen LogP contribution in [0.1, 0.15) is 23.7 Å². The van der Waals surface area contributed by atoms with Gasteiger partial charge in [-0.15, -0.1) is 0 Å². The third kappa shape index (κ3) is 2.77. The molecule has 1 aliphatic rings. The zero-order chi connectivity index (χ0) is 12.3. The van der Waals surface area contributed by atoms with E-state index < -0.39 is 0 Å². The Kier molecular flexibility index (Phi) is 3.64. The lowest BCUT2D eigenvalue weighted by atomic mass is 10.2. The molecule has 0 radical (unpaired) electrons. The third-order valence-electron chi connectivity index (χ3n) is 2.96. The highest BCUT2D eigenvalue weighted by atomic mass is 16.3. The summed E-state index contributed by atoms with van der Waals surface area (Å²) in [7, 11) is 0. The van der Waals surface area contributed by atoms with E-state index in [1.165, 1.54) is 0 Å². The quantitative estimate of drug-likeness (QED) is 0.829. The van der Waals surface area contributed by atoms with Gasteiger partial charge in [0.15, 0.2) is 0 Å². The van der Waals surface area contributed by atoms with Crippen LogP contribution in [-0.4, -0.2) is 41.7 Å². The largest absolute Gasteiger partial charge is 0.391 e. The standard InChI is InChI=1S/C13H18N2O2/c1-2-14-11-5-3-10(4-6-11)13(17)15-8-7-12(16)9-15/h3-6,12,14,16H,2,7-9H2,1H3. The molecule has 0 spiro atoms. The van der Waals surface area contributed by atoms with Gasteiger partial charge in [-0.25, -0.2) is 0 Å². The predicted molar refractivity (Wildman–Crippen MR) is 67.1 cm³/mol. The van der Waals surface area contributed by atoms with Crippen LogP contribution in [0.5, 0.6) is 0 Å². The fraction of sp³-hybridized carbons (Fsp3) is 0.462. The smallest absolute Gasteiger partial charge is 0.253 e. The molecular weight excluding hydrogens is 216 g/mol. The van der Waals surface area contributed by atoms with Gasteiger partial charge in [0, 0.05) is 30.9 Å². The third-order valence-corrected chi connectivity index (χ3v) is 2.96. The van der Waals surface area contributed by atoms with E-state index in [0.29, 0.717) is 25.1 Å². The maximum absolute atomic E-state index is 12.1. The molecule has 0 aromatic heterocycles. The summed E-state index contributed by atoms with van der Waals surface area (Å²) in [5, 5.41) is 12.6. The van der Waals surface area contributed by atoms with Crippen molar-refractivity contribution in [3.63, 3.8) is 0 Å². The van der Waals surface area contributed by atoms with Gasteiger partial charge in [-0.3, -0.25) is 4.79 Å². The average Bonchev–Trinajstić information content (AvgIpc) is 2.76. The Balaban J connectivity index is 2.04. The first-order valence-corrected chi connectivity index (χ1v) is 6.02. The molecule has 2 rings (SSSR count). The number of carbonyl (C=O) groups excluding carboxylic acids is 1. The van der Waals surface area contributed by atoms with Crippen molar-refractivity contribution in [2.24, 2.45) is 0 Å². The van der Waals surface area contributed by atoms with E-state index in [1.807, 2.05) is 31.2 Å². The molecule has 1 aliphatic heterocycles. The summed E-state index contributed by atoms with van der Waals surface area (Å²) in [6, 6.07) is 7.46. The number of benzene rings is 1. The van der Waals surface area contributed by atoms with Crippen molar-refractivity contribution in [3.05, 3.63) is 29.8 Å². The highest BCUT2D eigenvalue weighted by Crippen LogP contribution is 2.15. The Morgan fingerprint density at radius 1 is 1.47 bits per heavy atom. The molecule has 1 aromatic rings. The number of hydrogen-bond acceptors (Lipinski definition) is 3. The SMILES string of the molecule is CCNc1ccc(C(=O)N2CCC(O)C2)cc1. The molecule has 1 unspecified atom stereocenters. The lowest BCUT2D eigenvalue weighted by molar-refractivity contribution is 0.0765. The van der Waals surface area contributed by atoms with Crippen molar-refractivity contribution < 1.29 is 9.90 Å². The molecule has 2 N–H and O–H groups in total. The summed E-state index contributed by atoms with van der Waals surface area (Å²) in [4.78, 5) is 13.8. The highest BCUT2D eigenvalue weighted by molar-refractivity contribution is 5.94. The van der Waals surface area contributed by atoms with Crippen LogP contribution in [0.15, 0.2) is 24.3 Å². The number of nitrogens with zero attached hydrogens (tertiary/aromatic N) is 1. The van der Waals surface area contributed by atoms with E-state index in [2.05, 4.69) is 5.32 Å². The number of rotatable bonds is 3. The van der Waals surface area contributed by atoms with E-state index >= 15 is 0 Å². The van der Waals surface area contributed by atoms with Gasteiger partial charge in [-0.1, -0.05) is 0 Å². The van der Waals surface area contributed by atoms with E-state index in [0.717, 1.165) is 12.2 Å². The fourth-order valence-electron chi connectivity index (χ4n) is 2.04.